The Morgan fingerprint density at radius 1 is 1.23 bits per heavy atom. The summed E-state index contributed by atoms with van der Waals surface area (Å²) < 4.78 is 27.6. The van der Waals surface area contributed by atoms with E-state index < -0.39 is 10.0 Å². The van der Waals surface area contributed by atoms with Crippen LogP contribution in [0.1, 0.15) is 25.0 Å². The average Bonchev–Trinajstić information content (AvgIpc) is 3.06. The third kappa shape index (κ3) is 4.85. The van der Waals surface area contributed by atoms with Crippen LogP contribution in [0.25, 0.3) is 0 Å². The number of nitrogens with zero attached hydrogens (tertiary/aromatic N) is 2. The predicted molar refractivity (Wildman–Crippen MR) is 105 cm³/mol. The van der Waals surface area contributed by atoms with Gasteiger partial charge in [0.1, 0.15) is 0 Å². The van der Waals surface area contributed by atoms with Crippen molar-refractivity contribution in [2.45, 2.75) is 35.4 Å². The lowest BCUT2D eigenvalue weighted by Crippen LogP contribution is -2.35. The zero-order valence-corrected chi connectivity index (χ0v) is 16.9. The Balaban J connectivity index is 1.57. The van der Waals surface area contributed by atoms with Crippen LogP contribution in [0.4, 0.5) is 5.69 Å². The highest BCUT2D eigenvalue weighted by Crippen LogP contribution is 2.24. The molecule has 0 radical (unpaired) electrons. The van der Waals surface area contributed by atoms with Crippen molar-refractivity contribution >= 4 is 44.7 Å². The number of hydrogen-bond acceptors (Lipinski definition) is 6. The van der Waals surface area contributed by atoms with E-state index in [1.54, 1.807) is 24.3 Å². The van der Waals surface area contributed by atoms with E-state index in [4.69, 9.17) is 0 Å². The summed E-state index contributed by atoms with van der Waals surface area (Å²) in [7, 11) is -3.44. The van der Waals surface area contributed by atoms with Gasteiger partial charge in [0.05, 0.1) is 10.6 Å². The molecule has 0 unspecified atom stereocenters. The van der Waals surface area contributed by atoms with Crippen LogP contribution in [0.2, 0.25) is 0 Å². The zero-order chi connectivity index (χ0) is 18.6. The maximum absolute atomic E-state index is 12.6. The summed E-state index contributed by atoms with van der Waals surface area (Å²) >= 11 is 2.90. The van der Waals surface area contributed by atoms with Gasteiger partial charge >= 0.3 is 0 Å². The number of aromatic nitrogens is 1. The molecule has 1 aliphatic rings. The molecule has 0 aliphatic carbocycles. The van der Waals surface area contributed by atoms with E-state index in [1.807, 2.05) is 12.3 Å². The van der Waals surface area contributed by atoms with Gasteiger partial charge in [-0.3, -0.25) is 4.79 Å². The molecule has 1 aromatic heterocycles. The molecule has 9 heteroatoms. The Kier molecular flexibility index (Phi) is 6.33. The van der Waals surface area contributed by atoms with Gasteiger partial charge in [0, 0.05) is 29.9 Å². The van der Waals surface area contributed by atoms with Crippen molar-refractivity contribution in [3.05, 3.63) is 35.3 Å². The summed E-state index contributed by atoms with van der Waals surface area (Å²) in [5, 5.41) is 4.73. The van der Waals surface area contributed by atoms with Crippen molar-refractivity contribution in [3.8, 4) is 0 Å². The molecule has 1 saturated heterocycles. The molecule has 1 amide bonds. The summed E-state index contributed by atoms with van der Waals surface area (Å²) in [4.78, 5) is 16.6. The minimum absolute atomic E-state index is 0.144. The molecule has 140 valence electrons. The highest BCUT2D eigenvalue weighted by molar-refractivity contribution is 8.01. The van der Waals surface area contributed by atoms with Gasteiger partial charge in [0.25, 0.3) is 0 Å². The third-order valence-corrected chi connectivity index (χ3v) is 8.07. The van der Waals surface area contributed by atoms with Gasteiger partial charge < -0.3 is 5.32 Å². The van der Waals surface area contributed by atoms with E-state index in [0.29, 0.717) is 18.8 Å². The van der Waals surface area contributed by atoms with Gasteiger partial charge in [0.15, 0.2) is 4.34 Å². The van der Waals surface area contributed by atoms with Crippen LogP contribution in [0, 0.1) is 6.92 Å². The molecule has 0 bridgehead atoms. The largest absolute Gasteiger partial charge is 0.325 e. The molecule has 3 rings (SSSR count). The number of hydrogen-bond donors (Lipinski definition) is 1. The van der Waals surface area contributed by atoms with E-state index in [1.165, 1.54) is 27.4 Å². The number of aryl methyl sites for hydroxylation is 1. The van der Waals surface area contributed by atoms with Crippen molar-refractivity contribution in [1.29, 1.82) is 0 Å². The highest BCUT2D eigenvalue weighted by Gasteiger charge is 2.25. The quantitative estimate of drug-likeness (QED) is 0.738. The number of sulfonamides is 1. The molecule has 6 nitrogen and oxygen atoms in total. The number of thiazole rings is 1. The van der Waals surface area contributed by atoms with E-state index in [0.717, 1.165) is 29.3 Å². The Labute approximate surface area is 162 Å². The maximum atomic E-state index is 12.6. The second-order valence-electron chi connectivity index (χ2n) is 6.08. The predicted octanol–water partition coefficient (Wildman–Crippen LogP) is 3.36. The SMILES string of the molecule is Cc1csc(SCC(=O)Nc2ccc(S(=O)(=O)N3CCCCC3)cc2)n1. The van der Waals surface area contributed by atoms with Gasteiger partial charge in [-0.15, -0.1) is 11.3 Å². The van der Waals surface area contributed by atoms with Gasteiger partial charge in [-0.25, -0.2) is 13.4 Å². The summed E-state index contributed by atoms with van der Waals surface area (Å²) in [6, 6.07) is 6.37. The smallest absolute Gasteiger partial charge is 0.243 e. The van der Waals surface area contributed by atoms with Crippen molar-refractivity contribution in [2.75, 3.05) is 24.2 Å². The number of thioether (sulfide) groups is 1. The Morgan fingerprint density at radius 2 is 1.92 bits per heavy atom. The molecule has 1 aromatic carbocycles. The first kappa shape index (κ1) is 19.3. The van der Waals surface area contributed by atoms with Gasteiger partial charge in [-0.05, 0) is 44.0 Å². The maximum Gasteiger partial charge on any atom is 0.243 e. The van der Waals surface area contributed by atoms with Gasteiger partial charge in [-0.2, -0.15) is 4.31 Å². The molecule has 1 aliphatic heterocycles. The number of rotatable bonds is 6. The molecule has 1 fully saturated rings. The van der Waals surface area contributed by atoms with Crippen molar-refractivity contribution in [3.63, 3.8) is 0 Å². The molecule has 2 aromatic rings. The molecule has 0 saturated carbocycles. The number of carbonyl (C=O) groups excluding carboxylic acids is 1. The van der Waals surface area contributed by atoms with Crippen LogP contribution < -0.4 is 5.32 Å². The van der Waals surface area contributed by atoms with Gasteiger partial charge in [-0.1, -0.05) is 18.2 Å². The third-order valence-electron chi connectivity index (χ3n) is 4.02. The van der Waals surface area contributed by atoms with E-state index in [2.05, 4.69) is 10.3 Å². The normalized spacial score (nSPS) is 15.7. The lowest BCUT2D eigenvalue weighted by atomic mass is 10.2. The second kappa shape index (κ2) is 8.51. The fourth-order valence-corrected chi connectivity index (χ4v) is 5.85. The lowest BCUT2D eigenvalue weighted by molar-refractivity contribution is -0.113. The first-order valence-corrected chi connectivity index (χ1v) is 11.7. The fourth-order valence-electron chi connectivity index (χ4n) is 2.69. The fraction of sp³-hybridized carbons (Fsp3) is 0.412. The van der Waals surface area contributed by atoms with Crippen LogP contribution in [0.3, 0.4) is 0 Å². The first-order chi connectivity index (χ1) is 12.4. The lowest BCUT2D eigenvalue weighted by Gasteiger charge is -2.25. The van der Waals surface area contributed by atoms with E-state index in [-0.39, 0.29) is 16.6 Å². The molecular weight excluding hydrogens is 390 g/mol. The Bertz CT molecular complexity index is 857. The highest BCUT2D eigenvalue weighted by atomic mass is 32.2. The molecule has 0 spiro atoms. The average molecular weight is 412 g/mol. The Morgan fingerprint density at radius 3 is 2.54 bits per heavy atom. The number of anilines is 1. The standard InChI is InChI=1S/C17H21N3O3S3/c1-13-11-24-17(18-13)25-12-16(21)19-14-5-7-15(8-6-14)26(22,23)20-9-3-2-4-10-20/h5-8,11H,2-4,9-10,12H2,1H3,(H,19,21). The molecule has 2 heterocycles. The van der Waals surface area contributed by atoms with Crippen molar-refractivity contribution in [2.24, 2.45) is 0 Å². The van der Waals surface area contributed by atoms with Crippen LogP contribution in [-0.4, -0.2) is 42.5 Å². The van der Waals surface area contributed by atoms with Crippen molar-refractivity contribution in [1.82, 2.24) is 9.29 Å². The van der Waals surface area contributed by atoms with Gasteiger partial charge in [0.2, 0.25) is 15.9 Å². The molecule has 1 N–H and O–H groups in total. The number of nitrogens with one attached hydrogen (secondary N) is 1. The summed E-state index contributed by atoms with van der Waals surface area (Å²) in [6.07, 6.45) is 2.89. The molecule has 26 heavy (non-hydrogen) atoms. The van der Waals surface area contributed by atoms with Crippen molar-refractivity contribution < 1.29 is 13.2 Å². The zero-order valence-electron chi connectivity index (χ0n) is 14.5. The van der Waals surface area contributed by atoms with Crippen LogP contribution in [0.5, 0.6) is 0 Å². The number of amides is 1. The number of carbonyl (C=O) groups is 1. The summed E-state index contributed by atoms with van der Waals surface area (Å²) in [6.45, 7) is 3.07. The van der Waals surface area contributed by atoms with Crippen LogP contribution in [-0.2, 0) is 14.8 Å². The second-order valence-corrected chi connectivity index (χ2v) is 10.1. The number of piperidine rings is 1. The topological polar surface area (TPSA) is 79.4 Å². The minimum atomic E-state index is -3.44. The Hall–Kier alpha value is -1.42. The summed E-state index contributed by atoms with van der Waals surface area (Å²) in [5.74, 6) is 0.121. The van der Waals surface area contributed by atoms with E-state index >= 15 is 0 Å². The van der Waals surface area contributed by atoms with E-state index in [9.17, 15) is 13.2 Å². The van der Waals surface area contributed by atoms with Crippen LogP contribution >= 0.6 is 23.1 Å². The summed E-state index contributed by atoms with van der Waals surface area (Å²) in [5.41, 5.74) is 1.53. The molecular formula is C17H21N3O3S3. The number of benzene rings is 1. The molecule has 0 atom stereocenters. The van der Waals surface area contributed by atoms with Crippen LogP contribution in [0.15, 0.2) is 38.9 Å². The minimum Gasteiger partial charge on any atom is -0.325 e. The first-order valence-electron chi connectivity index (χ1n) is 8.40. The monoisotopic (exact) mass is 411 g/mol.